The number of aliphatic imine (C=N–C) groups is 1. The number of hydrogen-bond donors (Lipinski definition) is 2. The highest BCUT2D eigenvalue weighted by atomic mass is 35.5. The molecular weight excluding hydrogens is 558 g/mol. The van der Waals surface area contributed by atoms with E-state index < -0.39 is 24.2 Å². The first-order valence-electron chi connectivity index (χ1n) is 12.1. The monoisotopic (exact) mass is 581 g/mol. The van der Waals surface area contributed by atoms with E-state index in [2.05, 4.69) is 25.5 Å². The van der Waals surface area contributed by atoms with Gasteiger partial charge in [-0.15, -0.1) is 4.99 Å². The summed E-state index contributed by atoms with van der Waals surface area (Å²) in [6.07, 6.45) is 3.21. The summed E-state index contributed by atoms with van der Waals surface area (Å²) in [6.45, 7) is -0.234. The Morgan fingerprint density at radius 1 is 1.36 bits per heavy atom. The van der Waals surface area contributed by atoms with E-state index in [1.165, 1.54) is 17.1 Å². The zero-order valence-electron chi connectivity index (χ0n) is 20.7. The predicted octanol–water partition coefficient (Wildman–Crippen LogP) is 4.67. The summed E-state index contributed by atoms with van der Waals surface area (Å²) in [5.41, 5.74) is 0.761. The molecule has 9 nitrogen and oxygen atoms in total. The van der Waals surface area contributed by atoms with E-state index in [4.69, 9.17) is 23.2 Å². The summed E-state index contributed by atoms with van der Waals surface area (Å²) < 4.78 is 44.5. The SMILES string of the molecule is CCN(C(=O)[C@H]1CCCN1)[C@H]1CN(/C(=N\C#N)Nc2cccc(OC(F)F)c2F)N=C1c1ccc(Cl)c(Cl)c1. The van der Waals surface area contributed by atoms with Crippen LogP contribution in [-0.4, -0.2) is 65.8 Å². The van der Waals surface area contributed by atoms with Crippen LogP contribution in [0.4, 0.5) is 18.9 Å². The zero-order valence-corrected chi connectivity index (χ0v) is 22.2. The van der Waals surface area contributed by atoms with Gasteiger partial charge in [0.2, 0.25) is 18.1 Å². The summed E-state index contributed by atoms with van der Waals surface area (Å²) in [7, 11) is 0. The maximum absolute atomic E-state index is 14.9. The fraction of sp³-hybridized carbons (Fsp3) is 0.360. The number of ether oxygens (including phenoxy) is 1. The number of hydrazone groups is 1. The number of amides is 1. The number of nitrogens with zero attached hydrogens (tertiary/aromatic N) is 5. The lowest BCUT2D eigenvalue weighted by atomic mass is 10.0. The third kappa shape index (κ3) is 6.38. The van der Waals surface area contributed by atoms with E-state index in [0.717, 1.165) is 19.0 Å². The third-order valence-electron chi connectivity index (χ3n) is 6.29. The largest absolute Gasteiger partial charge is 0.432 e. The van der Waals surface area contributed by atoms with Crippen LogP contribution in [-0.2, 0) is 4.79 Å². The van der Waals surface area contributed by atoms with E-state index in [0.29, 0.717) is 29.3 Å². The van der Waals surface area contributed by atoms with Crippen molar-refractivity contribution in [2.75, 3.05) is 25.0 Å². The van der Waals surface area contributed by atoms with Gasteiger partial charge in [-0.05, 0) is 50.6 Å². The van der Waals surface area contributed by atoms with E-state index in [1.54, 1.807) is 29.3 Å². The molecule has 0 spiro atoms. The molecule has 1 fully saturated rings. The minimum absolute atomic E-state index is 0.0598. The van der Waals surface area contributed by atoms with Crippen molar-refractivity contribution < 1.29 is 22.7 Å². The Morgan fingerprint density at radius 2 is 2.15 bits per heavy atom. The number of nitrogens with one attached hydrogen (secondary N) is 2. The lowest BCUT2D eigenvalue weighted by Crippen LogP contribution is -2.52. The van der Waals surface area contributed by atoms with Crippen LogP contribution in [0.3, 0.4) is 0 Å². The minimum Gasteiger partial charge on any atom is -0.432 e. The molecule has 0 radical (unpaired) electrons. The lowest BCUT2D eigenvalue weighted by Gasteiger charge is -2.31. The van der Waals surface area contributed by atoms with Gasteiger partial charge in [-0.3, -0.25) is 4.79 Å². The second-order valence-electron chi connectivity index (χ2n) is 8.64. The van der Waals surface area contributed by atoms with Crippen LogP contribution in [0.1, 0.15) is 25.3 Å². The van der Waals surface area contributed by atoms with Crippen LogP contribution in [0.25, 0.3) is 0 Å². The maximum atomic E-state index is 14.9. The Balaban J connectivity index is 1.70. The first-order valence-corrected chi connectivity index (χ1v) is 12.8. The van der Waals surface area contributed by atoms with Crippen molar-refractivity contribution in [3.63, 3.8) is 0 Å². The normalized spacial score (nSPS) is 19.2. The molecule has 4 rings (SSSR count). The molecule has 1 saturated heterocycles. The average Bonchev–Trinajstić information content (AvgIpc) is 3.59. The van der Waals surface area contributed by atoms with Crippen LogP contribution in [0.2, 0.25) is 10.0 Å². The number of carbonyl (C=O) groups excluding carboxylic acids is 1. The van der Waals surface area contributed by atoms with E-state index in [-0.39, 0.29) is 35.2 Å². The third-order valence-corrected chi connectivity index (χ3v) is 7.03. The van der Waals surface area contributed by atoms with Crippen LogP contribution in [0.15, 0.2) is 46.5 Å². The van der Waals surface area contributed by atoms with Crippen molar-refractivity contribution in [2.24, 2.45) is 10.1 Å². The van der Waals surface area contributed by atoms with Crippen molar-refractivity contribution in [1.82, 2.24) is 15.2 Å². The van der Waals surface area contributed by atoms with Gasteiger partial charge in [-0.2, -0.15) is 19.1 Å². The van der Waals surface area contributed by atoms with Crippen LogP contribution in [0.5, 0.6) is 5.75 Å². The summed E-state index contributed by atoms with van der Waals surface area (Å²) in [5, 5.41) is 21.7. The van der Waals surface area contributed by atoms with E-state index in [9.17, 15) is 23.2 Å². The molecule has 1 amide bonds. The molecule has 2 heterocycles. The Kier molecular flexibility index (Phi) is 9.16. The molecule has 39 heavy (non-hydrogen) atoms. The average molecular weight is 582 g/mol. The molecule has 0 saturated carbocycles. The fourth-order valence-electron chi connectivity index (χ4n) is 4.51. The van der Waals surface area contributed by atoms with Crippen molar-refractivity contribution in [3.05, 3.63) is 57.8 Å². The summed E-state index contributed by atoms with van der Waals surface area (Å²) in [4.78, 5) is 18.9. The number of nitriles is 1. The minimum atomic E-state index is -3.23. The van der Waals surface area contributed by atoms with Gasteiger partial charge >= 0.3 is 6.61 Å². The standard InChI is InChI=1S/C25H24Cl2F3N7O2/c1-2-36(23(38)18-6-4-10-32-18)19-12-37(35-22(19)14-8-9-15(26)16(27)11-14)25(33-13-31)34-17-5-3-7-20(21(17)28)39-24(29)30/h3,5,7-9,11,18-19,24,32H,2,4,6,10,12H2,1H3,(H,33,34)/t18-,19+/m1/s1. The second kappa shape index (κ2) is 12.5. The van der Waals surface area contributed by atoms with Crippen molar-refractivity contribution >= 4 is 46.5 Å². The number of benzene rings is 2. The van der Waals surface area contributed by atoms with E-state index in [1.807, 2.05) is 6.92 Å². The Morgan fingerprint density at radius 3 is 2.79 bits per heavy atom. The number of alkyl halides is 2. The molecule has 2 aromatic carbocycles. The second-order valence-corrected chi connectivity index (χ2v) is 9.46. The highest BCUT2D eigenvalue weighted by Gasteiger charge is 2.39. The highest BCUT2D eigenvalue weighted by Crippen LogP contribution is 2.29. The lowest BCUT2D eigenvalue weighted by molar-refractivity contribution is -0.133. The van der Waals surface area contributed by atoms with Gasteiger partial charge < -0.3 is 20.3 Å². The molecule has 2 atom stereocenters. The van der Waals surface area contributed by atoms with Crippen molar-refractivity contribution in [1.29, 1.82) is 5.26 Å². The summed E-state index contributed by atoms with van der Waals surface area (Å²) in [5.74, 6) is -2.08. The number of likely N-dealkylation sites (N-methyl/N-ethyl adjacent to an activating group) is 1. The number of guanidine groups is 1. The molecule has 0 unspecified atom stereocenters. The fourth-order valence-corrected chi connectivity index (χ4v) is 4.81. The number of anilines is 1. The quantitative estimate of drug-likeness (QED) is 0.279. The Bertz CT molecular complexity index is 1330. The zero-order chi connectivity index (χ0) is 28.1. The van der Waals surface area contributed by atoms with Gasteiger partial charge in [0.1, 0.15) is 0 Å². The van der Waals surface area contributed by atoms with E-state index >= 15 is 0 Å². The molecule has 2 aromatic rings. The molecule has 2 N–H and O–H groups in total. The summed E-state index contributed by atoms with van der Waals surface area (Å²) in [6, 6.07) is 7.60. The molecular formula is C25H24Cl2F3N7O2. The molecule has 0 aromatic heterocycles. The molecule has 2 aliphatic rings. The maximum Gasteiger partial charge on any atom is 0.387 e. The number of halogens is 5. The number of carbonyl (C=O) groups is 1. The molecule has 0 bridgehead atoms. The Labute approximate surface area is 232 Å². The molecule has 0 aliphatic carbocycles. The van der Waals surface area contributed by atoms with Gasteiger partial charge in [0.15, 0.2) is 11.6 Å². The molecule has 14 heteroatoms. The van der Waals surface area contributed by atoms with Gasteiger partial charge in [0, 0.05) is 12.1 Å². The highest BCUT2D eigenvalue weighted by molar-refractivity contribution is 6.42. The van der Waals surface area contributed by atoms with Crippen LogP contribution >= 0.6 is 23.2 Å². The van der Waals surface area contributed by atoms with Gasteiger partial charge in [0.05, 0.1) is 40.1 Å². The Hall–Kier alpha value is -3.53. The molecule has 206 valence electrons. The molecule has 2 aliphatic heterocycles. The van der Waals surface area contributed by atoms with Crippen molar-refractivity contribution in [2.45, 2.75) is 38.5 Å². The number of rotatable bonds is 7. The topological polar surface area (TPSA) is 105 Å². The van der Waals surface area contributed by atoms with Gasteiger partial charge in [-0.1, -0.05) is 35.3 Å². The first kappa shape index (κ1) is 28.5. The van der Waals surface area contributed by atoms with Crippen LogP contribution < -0.4 is 15.4 Å². The van der Waals surface area contributed by atoms with Gasteiger partial charge in [0.25, 0.3) is 0 Å². The van der Waals surface area contributed by atoms with Crippen LogP contribution in [0, 0.1) is 17.3 Å². The predicted molar refractivity (Wildman–Crippen MR) is 142 cm³/mol. The first-order chi connectivity index (χ1) is 18.7. The smallest absolute Gasteiger partial charge is 0.387 e. The van der Waals surface area contributed by atoms with Gasteiger partial charge in [-0.25, -0.2) is 9.40 Å². The summed E-state index contributed by atoms with van der Waals surface area (Å²) >= 11 is 12.4. The van der Waals surface area contributed by atoms with Crippen molar-refractivity contribution in [3.8, 4) is 11.9 Å². The number of hydrogen-bond acceptors (Lipinski definition) is 6.